The van der Waals surface area contributed by atoms with Gasteiger partial charge in [-0.15, -0.1) is 0 Å². The van der Waals surface area contributed by atoms with Crippen molar-refractivity contribution in [1.29, 1.82) is 0 Å². The lowest BCUT2D eigenvalue weighted by Crippen LogP contribution is -2.24. The maximum atomic E-state index is 11.7. The molecule has 0 N–H and O–H groups in total. The van der Waals surface area contributed by atoms with Crippen LogP contribution in [0.15, 0.2) is 42.5 Å². The van der Waals surface area contributed by atoms with Crippen LogP contribution in [0, 0.1) is 0 Å². The van der Waals surface area contributed by atoms with E-state index in [1.165, 1.54) is 11.1 Å². The van der Waals surface area contributed by atoms with Gasteiger partial charge >= 0.3 is 0 Å². The molecule has 0 saturated heterocycles. The molecule has 2 aromatic carbocycles. The number of fused-ring (bicyclic) bond motifs is 1. The van der Waals surface area contributed by atoms with E-state index in [2.05, 4.69) is 26.0 Å². The summed E-state index contributed by atoms with van der Waals surface area (Å²) in [4.78, 5) is 11.7. The molecule has 0 fully saturated rings. The Hall–Kier alpha value is -2.09. The number of hydrogen-bond acceptors (Lipinski definition) is 2. The molecule has 1 aliphatic heterocycles. The van der Waals surface area contributed by atoms with Crippen LogP contribution >= 0.6 is 0 Å². The first-order chi connectivity index (χ1) is 9.98. The zero-order valence-corrected chi connectivity index (χ0v) is 12.8. The van der Waals surface area contributed by atoms with E-state index in [4.69, 9.17) is 4.74 Å². The molecule has 2 heteroatoms. The summed E-state index contributed by atoms with van der Waals surface area (Å²) in [7, 11) is 0. The predicted molar refractivity (Wildman–Crippen MR) is 84.9 cm³/mol. The topological polar surface area (TPSA) is 26.3 Å². The summed E-state index contributed by atoms with van der Waals surface area (Å²) in [5.41, 5.74) is 4.23. The van der Waals surface area contributed by atoms with Crippen molar-refractivity contribution in [2.45, 2.75) is 39.2 Å². The number of Topliss-reactive ketones (excluding diaryl/α,β-unsaturated/α-hetero) is 1. The SMILES string of the molecule is CCC(=O)c1ccc(-c2ccc3c(c2)CC(C)(C)O3)cc1. The first-order valence-electron chi connectivity index (χ1n) is 7.44. The number of carbonyl (C=O) groups is 1. The number of rotatable bonds is 3. The van der Waals surface area contributed by atoms with Crippen LogP contribution in [0.3, 0.4) is 0 Å². The second kappa shape index (κ2) is 5.03. The molecule has 2 aromatic rings. The summed E-state index contributed by atoms with van der Waals surface area (Å²) in [6.07, 6.45) is 1.48. The minimum atomic E-state index is -0.113. The second-order valence-corrected chi connectivity index (χ2v) is 6.22. The number of hydrogen-bond donors (Lipinski definition) is 0. The van der Waals surface area contributed by atoms with E-state index in [0.29, 0.717) is 6.42 Å². The van der Waals surface area contributed by atoms with Gasteiger partial charge in [0.1, 0.15) is 11.4 Å². The molecule has 1 heterocycles. The highest BCUT2D eigenvalue weighted by Crippen LogP contribution is 2.37. The van der Waals surface area contributed by atoms with Crippen molar-refractivity contribution in [1.82, 2.24) is 0 Å². The van der Waals surface area contributed by atoms with Gasteiger partial charge in [0.25, 0.3) is 0 Å². The van der Waals surface area contributed by atoms with Gasteiger partial charge in [0, 0.05) is 18.4 Å². The van der Waals surface area contributed by atoms with Crippen molar-refractivity contribution < 1.29 is 9.53 Å². The van der Waals surface area contributed by atoms with E-state index in [0.717, 1.165) is 23.3 Å². The van der Waals surface area contributed by atoms with Gasteiger partial charge in [-0.05, 0) is 42.7 Å². The summed E-state index contributed by atoms with van der Waals surface area (Å²) < 4.78 is 5.91. The van der Waals surface area contributed by atoms with Gasteiger partial charge in [-0.3, -0.25) is 4.79 Å². The number of ether oxygens (including phenoxy) is 1. The van der Waals surface area contributed by atoms with Crippen LogP contribution in [0.4, 0.5) is 0 Å². The molecule has 0 bridgehead atoms. The molecule has 0 atom stereocenters. The molecule has 0 radical (unpaired) electrons. The fourth-order valence-electron chi connectivity index (χ4n) is 2.84. The van der Waals surface area contributed by atoms with E-state index in [9.17, 15) is 4.79 Å². The van der Waals surface area contributed by atoms with Crippen molar-refractivity contribution in [2.75, 3.05) is 0 Å². The van der Waals surface area contributed by atoms with Crippen LogP contribution in [0.25, 0.3) is 11.1 Å². The minimum absolute atomic E-state index is 0.113. The molecule has 1 aliphatic rings. The highest BCUT2D eigenvalue weighted by atomic mass is 16.5. The highest BCUT2D eigenvalue weighted by molar-refractivity contribution is 5.96. The van der Waals surface area contributed by atoms with Crippen LogP contribution < -0.4 is 4.74 Å². The molecular formula is C19H20O2. The average molecular weight is 280 g/mol. The number of ketones is 1. The maximum Gasteiger partial charge on any atom is 0.162 e. The summed E-state index contributed by atoms with van der Waals surface area (Å²) in [5, 5.41) is 0. The summed E-state index contributed by atoms with van der Waals surface area (Å²) in [6.45, 7) is 6.11. The summed E-state index contributed by atoms with van der Waals surface area (Å²) in [6, 6.07) is 14.2. The molecule has 0 aliphatic carbocycles. The number of carbonyl (C=O) groups excluding carboxylic acids is 1. The van der Waals surface area contributed by atoms with E-state index in [1.807, 2.05) is 37.3 Å². The quantitative estimate of drug-likeness (QED) is 0.764. The zero-order chi connectivity index (χ0) is 15.0. The standard InChI is InChI=1S/C19H20O2/c1-4-17(20)14-7-5-13(6-8-14)15-9-10-18-16(11-15)12-19(2,3)21-18/h5-11H,4,12H2,1-3H3. The second-order valence-electron chi connectivity index (χ2n) is 6.22. The van der Waals surface area contributed by atoms with E-state index in [1.54, 1.807) is 0 Å². The van der Waals surface area contributed by atoms with Crippen LogP contribution in [0.1, 0.15) is 43.1 Å². The van der Waals surface area contributed by atoms with Crippen molar-refractivity contribution in [2.24, 2.45) is 0 Å². The molecule has 3 rings (SSSR count). The van der Waals surface area contributed by atoms with Crippen molar-refractivity contribution in [3.63, 3.8) is 0 Å². The largest absolute Gasteiger partial charge is 0.487 e. The van der Waals surface area contributed by atoms with Gasteiger partial charge in [-0.25, -0.2) is 0 Å². The Labute approximate surface area is 125 Å². The minimum Gasteiger partial charge on any atom is -0.487 e. The fourth-order valence-corrected chi connectivity index (χ4v) is 2.84. The maximum absolute atomic E-state index is 11.7. The smallest absolute Gasteiger partial charge is 0.162 e. The molecular weight excluding hydrogens is 260 g/mol. The molecule has 0 unspecified atom stereocenters. The van der Waals surface area contributed by atoms with Crippen LogP contribution in [0.2, 0.25) is 0 Å². The Morgan fingerprint density at radius 1 is 1.10 bits per heavy atom. The highest BCUT2D eigenvalue weighted by Gasteiger charge is 2.29. The van der Waals surface area contributed by atoms with E-state index >= 15 is 0 Å². The number of benzene rings is 2. The monoisotopic (exact) mass is 280 g/mol. The lowest BCUT2D eigenvalue weighted by molar-refractivity contribution is 0.0988. The van der Waals surface area contributed by atoms with E-state index in [-0.39, 0.29) is 11.4 Å². The van der Waals surface area contributed by atoms with Crippen molar-refractivity contribution >= 4 is 5.78 Å². The van der Waals surface area contributed by atoms with Gasteiger partial charge in [0.2, 0.25) is 0 Å². The summed E-state index contributed by atoms with van der Waals surface area (Å²) in [5.74, 6) is 1.17. The van der Waals surface area contributed by atoms with Gasteiger partial charge in [0.05, 0.1) is 0 Å². The lowest BCUT2D eigenvalue weighted by atomic mass is 9.97. The molecule has 2 nitrogen and oxygen atoms in total. The molecule has 0 spiro atoms. The molecule has 0 saturated carbocycles. The molecule has 108 valence electrons. The lowest BCUT2D eigenvalue weighted by Gasteiger charge is -2.16. The Bertz CT molecular complexity index is 681. The third-order valence-electron chi connectivity index (χ3n) is 3.92. The zero-order valence-electron chi connectivity index (χ0n) is 12.8. The van der Waals surface area contributed by atoms with Crippen LogP contribution in [-0.2, 0) is 6.42 Å². The summed E-state index contributed by atoms with van der Waals surface area (Å²) >= 11 is 0. The van der Waals surface area contributed by atoms with Crippen LogP contribution in [-0.4, -0.2) is 11.4 Å². The van der Waals surface area contributed by atoms with E-state index < -0.39 is 0 Å². The van der Waals surface area contributed by atoms with Gasteiger partial charge in [0.15, 0.2) is 5.78 Å². The Balaban J connectivity index is 1.90. The molecule has 21 heavy (non-hydrogen) atoms. The van der Waals surface area contributed by atoms with Gasteiger partial charge in [-0.1, -0.05) is 37.3 Å². The third kappa shape index (κ3) is 2.71. The van der Waals surface area contributed by atoms with Crippen molar-refractivity contribution in [3.8, 4) is 16.9 Å². The van der Waals surface area contributed by atoms with Crippen molar-refractivity contribution in [3.05, 3.63) is 53.6 Å². The van der Waals surface area contributed by atoms with Crippen LogP contribution in [0.5, 0.6) is 5.75 Å². The first kappa shape index (κ1) is 13.9. The predicted octanol–water partition coefficient (Wildman–Crippen LogP) is 4.66. The Morgan fingerprint density at radius 2 is 1.76 bits per heavy atom. The average Bonchev–Trinajstić information content (AvgIpc) is 2.79. The third-order valence-corrected chi connectivity index (χ3v) is 3.92. The van der Waals surface area contributed by atoms with Gasteiger partial charge < -0.3 is 4.74 Å². The fraction of sp³-hybridized carbons (Fsp3) is 0.316. The molecule has 0 aromatic heterocycles. The normalized spacial score (nSPS) is 15.4. The first-order valence-corrected chi connectivity index (χ1v) is 7.44. The Morgan fingerprint density at radius 3 is 2.43 bits per heavy atom. The Kier molecular flexibility index (Phi) is 3.32. The van der Waals surface area contributed by atoms with Gasteiger partial charge in [-0.2, -0.15) is 0 Å². The molecule has 0 amide bonds.